The molecule has 2 N–H and O–H groups in total. The smallest absolute Gasteiger partial charge is 0.220 e. The van der Waals surface area contributed by atoms with E-state index in [0.29, 0.717) is 19.0 Å². The molecule has 0 bridgehead atoms. The molecule has 1 aromatic carbocycles. The van der Waals surface area contributed by atoms with Gasteiger partial charge in [0.05, 0.1) is 0 Å². The van der Waals surface area contributed by atoms with Gasteiger partial charge in [-0.1, -0.05) is 18.6 Å². The lowest BCUT2D eigenvalue weighted by Crippen LogP contribution is -2.35. The van der Waals surface area contributed by atoms with Gasteiger partial charge < -0.3 is 15.5 Å². The lowest BCUT2D eigenvalue weighted by atomic mass is 10.0. The van der Waals surface area contributed by atoms with Crippen LogP contribution >= 0.6 is 0 Å². The Morgan fingerprint density at radius 3 is 2.67 bits per heavy atom. The third kappa shape index (κ3) is 5.38. The predicted octanol–water partition coefficient (Wildman–Crippen LogP) is 2.29. The van der Waals surface area contributed by atoms with E-state index in [0.717, 1.165) is 18.5 Å². The Hall–Kier alpha value is -1.55. The predicted molar refractivity (Wildman–Crippen MR) is 87.5 cm³/mol. The van der Waals surface area contributed by atoms with Gasteiger partial charge >= 0.3 is 0 Å². The van der Waals surface area contributed by atoms with Gasteiger partial charge in [-0.25, -0.2) is 0 Å². The summed E-state index contributed by atoms with van der Waals surface area (Å²) >= 11 is 0. The zero-order valence-electron chi connectivity index (χ0n) is 13.2. The van der Waals surface area contributed by atoms with Crippen LogP contribution in [0.5, 0.6) is 0 Å². The van der Waals surface area contributed by atoms with Gasteiger partial charge in [0.15, 0.2) is 0 Å². The fraction of sp³-hybridized carbons (Fsp3) is 0.588. The second kappa shape index (κ2) is 8.03. The molecular formula is C17H27N3O. The van der Waals surface area contributed by atoms with Crippen molar-refractivity contribution in [2.45, 2.75) is 44.7 Å². The molecule has 0 saturated carbocycles. The first-order valence-electron chi connectivity index (χ1n) is 7.91. The van der Waals surface area contributed by atoms with E-state index >= 15 is 0 Å². The van der Waals surface area contributed by atoms with Gasteiger partial charge in [-0.2, -0.15) is 0 Å². The molecular weight excluding hydrogens is 262 g/mol. The van der Waals surface area contributed by atoms with Crippen LogP contribution < -0.4 is 15.5 Å². The Morgan fingerprint density at radius 1 is 1.29 bits per heavy atom. The van der Waals surface area contributed by atoms with Gasteiger partial charge in [-0.15, -0.1) is 0 Å². The quantitative estimate of drug-likeness (QED) is 0.844. The minimum atomic E-state index is 0.152. The molecule has 4 nitrogen and oxygen atoms in total. The average Bonchev–Trinajstić information content (AvgIpc) is 2.52. The number of amides is 1. The van der Waals surface area contributed by atoms with E-state index < -0.39 is 0 Å². The van der Waals surface area contributed by atoms with Crippen molar-refractivity contribution in [1.29, 1.82) is 0 Å². The molecule has 0 aromatic heterocycles. The van der Waals surface area contributed by atoms with E-state index in [-0.39, 0.29) is 5.91 Å². The number of benzene rings is 1. The molecule has 1 amide bonds. The van der Waals surface area contributed by atoms with Crippen molar-refractivity contribution in [3.05, 3.63) is 29.8 Å². The Labute approximate surface area is 127 Å². The molecule has 0 radical (unpaired) electrons. The van der Waals surface area contributed by atoms with Gasteiger partial charge in [0.25, 0.3) is 0 Å². The maximum atomic E-state index is 11.9. The number of carbonyl (C=O) groups excluding carboxylic acids is 1. The molecule has 21 heavy (non-hydrogen) atoms. The highest BCUT2D eigenvalue weighted by Gasteiger charge is 2.13. The number of nitrogens with one attached hydrogen (secondary N) is 2. The van der Waals surface area contributed by atoms with Crippen LogP contribution in [-0.4, -0.2) is 32.6 Å². The zero-order valence-corrected chi connectivity index (χ0v) is 13.2. The van der Waals surface area contributed by atoms with Crippen LogP contribution in [0, 0.1) is 0 Å². The van der Waals surface area contributed by atoms with Crippen LogP contribution in [0.15, 0.2) is 24.3 Å². The van der Waals surface area contributed by atoms with E-state index in [1.807, 2.05) is 14.1 Å². The fourth-order valence-electron chi connectivity index (χ4n) is 2.68. The molecule has 1 unspecified atom stereocenters. The minimum absolute atomic E-state index is 0.152. The van der Waals surface area contributed by atoms with Crippen molar-refractivity contribution in [2.75, 3.05) is 25.5 Å². The maximum Gasteiger partial charge on any atom is 0.220 e. The minimum Gasteiger partial charge on any atom is -0.378 e. The molecule has 1 aliphatic heterocycles. The average molecular weight is 289 g/mol. The Balaban J connectivity index is 1.68. The molecule has 1 aliphatic rings. The lowest BCUT2D eigenvalue weighted by Gasteiger charge is -2.23. The van der Waals surface area contributed by atoms with E-state index in [4.69, 9.17) is 0 Å². The van der Waals surface area contributed by atoms with Crippen LogP contribution in [0.2, 0.25) is 0 Å². The molecule has 4 heteroatoms. The van der Waals surface area contributed by atoms with Crippen molar-refractivity contribution in [3.8, 4) is 0 Å². The summed E-state index contributed by atoms with van der Waals surface area (Å²) in [7, 11) is 4.05. The van der Waals surface area contributed by atoms with Crippen LogP contribution in [0.3, 0.4) is 0 Å². The van der Waals surface area contributed by atoms with Crippen molar-refractivity contribution < 1.29 is 4.79 Å². The van der Waals surface area contributed by atoms with E-state index in [9.17, 15) is 4.79 Å². The Bertz CT molecular complexity index is 436. The standard InChI is InChI=1S/C17H27N3O/c1-20(2)16-9-6-14(7-10-16)13-19-17(21)11-8-15-5-3-4-12-18-15/h6-7,9-10,15,18H,3-5,8,11-13H2,1-2H3,(H,19,21). The Morgan fingerprint density at radius 2 is 2.05 bits per heavy atom. The second-order valence-corrected chi connectivity index (χ2v) is 6.02. The number of hydrogen-bond donors (Lipinski definition) is 2. The SMILES string of the molecule is CN(C)c1ccc(CNC(=O)CCC2CCCCN2)cc1. The van der Waals surface area contributed by atoms with Crippen LogP contribution in [0.4, 0.5) is 5.69 Å². The van der Waals surface area contributed by atoms with Gasteiger partial charge in [0, 0.05) is 38.8 Å². The van der Waals surface area contributed by atoms with Gasteiger partial charge in [0.1, 0.15) is 0 Å². The molecule has 0 aliphatic carbocycles. The largest absolute Gasteiger partial charge is 0.378 e. The molecule has 0 spiro atoms. The highest BCUT2D eigenvalue weighted by atomic mass is 16.1. The lowest BCUT2D eigenvalue weighted by molar-refractivity contribution is -0.121. The van der Waals surface area contributed by atoms with Crippen LogP contribution in [0.25, 0.3) is 0 Å². The van der Waals surface area contributed by atoms with Gasteiger partial charge in [-0.05, 0) is 43.5 Å². The molecule has 116 valence electrons. The zero-order chi connectivity index (χ0) is 15.1. The van der Waals surface area contributed by atoms with Crippen molar-refractivity contribution >= 4 is 11.6 Å². The summed E-state index contributed by atoms with van der Waals surface area (Å²) in [5, 5.41) is 6.49. The topological polar surface area (TPSA) is 44.4 Å². The van der Waals surface area contributed by atoms with Crippen LogP contribution in [0.1, 0.15) is 37.7 Å². The monoisotopic (exact) mass is 289 g/mol. The fourth-order valence-corrected chi connectivity index (χ4v) is 2.68. The summed E-state index contributed by atoms with van der Waals surface area (Å²) in [5.41, 5.74) is 2.32. The van der Waals surface area contributed by atoms with E-state index in [1.54, 1.807) is 0 Å². The highest BCUT2D eigenvalue weighted by Crippen LogP contribution is 2.13. The van der Waals surface area contributed by atoms with Crippen molar-refractivity contribution in [3.63, 3.8) is 0 Å². The molecule has 1 atom stereocenters. The molecule has 1 heterocycles. The summed E-state index contributed by atoms with van der Waals surface area (Å²) in [6, 6.07) is 8.82. The summed E-state index contributed by atoms with van der Waals surface area (Å²) in [4.78, 5) is 14.0. The van der Waals surface area contributed by atoms with Gasteiger partial charge in [0.2, 0.25) is 5.91 Å². The molecule has 2 rings (SSSR count). The third-order valence-corrected chi connectivity index (χ3v) is 4.07. The van der Waals surface area contributed by atoms with Crippen molar-refractivity contribution in [1.82, 2.24) is 10.6 Å². The summed E-state index contributed by atoms with van der Waals surface area (Å²) < 4.78 is 0. The first kappa shape index (κ1) is 15.8. The highest BCUT2D eigenvalue weighted by molar-refractivity contribution is 5.75. The molecule has 1 fully saturated rings. The summed E-state index contributed by atoms with van der Waals surface area (Å²) in [5.74, 6) is 0.152. The number of piperidine rings is 1. The van der Waals surface area contributed by atoms with E-state index in [1.165, 1.54) is 24.9 Å². The molecule has 1 saturated heterocycles. The van der Waals surface area contributed by atoms with Crippen molar-refractivity contribution in [2.24, 2.45) is 0 Å². The normalized spacial score (nSPS) is 18.3. The second-order valence-electron chi connectivity index (χ2n) is 6.02. The summed E-state index contributed by atoms with van der Waals surface area (Å²) in [6.45, 7) is 1.72. The first-order valence-corrected chi connectivity index (χ1v) is 7.91. The number of anilines is 1. The maximum absolute atomic E-state index is 11.9. The summed E-state index contributed by atoms with van der Waals surface area (Å²) in [6.07, 6.45) is 5.33. The first-order chi connectivity index (χ1) is 10.1. The number of hydrogen-bond acceptors (Lipinski definition) is 3. The number of rotatable bonds is 6. The number of nitrogens with zero attached hydrogens (tertiary/aromatic N) is 1. The number of carbonyl (C=O) groups is 1. The third-order valence-electron chi connectivity index (χ3n) is 4.07. The van der Waals surface area contributed by atoms with Gasteiger partial charge in [-0.3, -0.25) is 4.79 Å². The Kier molecular flexibility index (Phi) is 6.05. The molecule has 1 aromatic rings. The van der Waals surface area contributed by atoms with Crippen LogP contribution in [-0.2, 0) is 11.3 Å². The van der Waals surface area contributed by atoms with E-state index in [2.05, 4.69) is 39.8 Å².